The van der Waals surface area contributed by atoms with Gasteiger partial charge in [-0.05, 0) is 45.6 Å². The highest BCUT2D eigenvalue weighted by Crippen LogP contribution is 2.17. The Balaban J connectivity index is 1.96. The molecule has 0 radical (unpaired) electrons. The van der Waals surface area contributed by atoms with Crippen molar-refractivity contribution in [3.8, 4) is 0 Å². The quantitative estimate of drug-likeness (QED) is 0.853. The van der Waals surface area contributed by atoms with Gasteiger partial charge >= 0.3 is 0 Å². The van der Waals surface area contributed by atoms with E-state index in [1.54, 1.807) is 0 Å². The Kier molecular flexibility index (Phi) is 3.97. The summed E-state index contributed by atoms with van der Waals surface area (Å²) in [6.45, 7) is 3.20. The van der Waals surface area contributed by atoms with Gasteiger partial charge in [-0.3, -0.25) is 9.88 Å². The summed E-state index contributed by atoms with van der Waals surface area (Å²) in [5.41, 5.74) is 7.71. The highest BCUT2D eigenvalue weighted by Gasteiger charge is 2.21. The molecule has 1 fully saturated rings. The summed E-state index contributed by atoms with van der Waals surface area (Å²) in [5.74, 6) is 0. The summed E-state index contributed by atoms with van der Waals surface area (Å²) in [6.07, 6.45) is 4.36. The molecule has 0 amide bonds. The Bertz CT molecular complexity index is 366. The van der Waals surface area contributed by atoms with Gasteiger partial charge in [-0.15, -0.1) is 0 Å². The lowest BCUT2D eigenvalue weighted by atomic mass is 10.0. The van der Waals surface area contributed by atoms with Crippen LogP contribution in [0.4, 0.5) is 5.69 Å². The largest absolute Gasteiger partial charge is 0.397 e. The number of hydrogen-bond acceptors (Lipinski definition) is 4. The van der Waals surface area contributed by atoms with Crippen molar-refractivity contribution in [1.82, 2.24) is 14.8 Å². The third-order valence-corrected chi connectivity index (χ3v) is 3.55. The van der Waals surface area contributed by atoms with Crippen molar-refractivity contribution in [3.05, 3.63) is 24.0 Å². The Labute approximate surface area is 103 Å². The predicted octanol–water partition coefficient (Wildman–Crippen LogP) is 1.19. The summed E-state index contributed by atoms with van der Waals surface area (Å²) in [6, 6.07) is 4.42. The second-order valence-corrected chi connectivity index (χ2v) is 5.01. The van der Waals surface area contributed by atoms with E-state index in [-0.39, 0.29) is 0 Å². The number of likely N-dealkylation sites (N-methyl/N-ethyl adjacent to an activating group) is 2. The molecule has 4 nitrogen and oxygen atoms in total. The van der Waals surface area contributed by atoms with E-state index in [0.717, 1.165) is 24.5 Å². The van der Waals surface area contributed by atoms with Gasteiger partial charge in [0.1, 0.15) is 0 Å². The van der Waals surface area contributed by atoms with Crippen molar-refractivity contribution in [2.75, 3.05) is 32.9 Å². The van der Waals surface area contributed by atoms with Gasteiger partial charge in [-0.2, -0.15) is 0 Å². The molecule has 17 heavy (non-hydrogen) atoms. The van der Waals surface area contributed by atoms with Crippen molar-refractivity contribution >= 4 is 5.69 Å². The lowest BCUT2D eigenvalue weighted by Crippen LogP contribution is -2.44. The number of hydrogen-bond donors (Lipinski definition) is 1. The third kappa shape index (κ3) is 3.17. The molecule has 0 saturated carbocycles. The maximum Gasteiger partial charge on any atom is 0.0772 e. The zero-order valence-electron chi connectivity index (χ0n) is 10.8. The molecule has 0 aliphatic carbocycles. The predicted molar refractivity (Wildman–Crippen MR) is 70.6 cm³/mol. The number of likely N-dealkylation sites (tertiary alicyclic amines) is 1. The molecule has 2 rings (SSSR count). The number of nitrogen functional groups attached to an aromatic ring is 1. The molecule has 0 aromatic carbocycles. The molecular weight excluding hydrogens is 212 g/mol. The van der Waals surface area contributed by atoms with Gasteiger partial charge in [0.2, 0.25) is 0 Å². The third-order valence-electron chi connectivity index (χ3n) is 3.55. The van der Waals surface area contributed by atoms with Gasteiger partial charge in [0, 0.05) is 25.3 Å². The molecule has 4 heteroatoms. The summed E-state index contributed by atoms with van der Waals surface area (Å²) < 4.78 is 0. The van der Waals surface area contributed by atoms with Crippen LogP contribution in [0.3, 0.4) is 0 Å². The molecule has 0 spiro atoms. The zero-order valence-corrected chi connectivity index (χ0v) is 10.8. The second kappa shape index (κ2) is 5.47. The van der Waals surface area contributed by atoms with Crippen LogP contribution in [-0.4, -0.2) is 48.0 Å². The van der Waals surface area contributed by atoms with E-state index < -0.39 is 0 Å². The average Bonchev–Trinajstić information content (AvgIpc) is 2.32. The van der Waals surface area contributed by atoms with E-state index in [4.69, 9.17) is 5.73 Å². The molecule has 0 bridgehead atoms. The molecule has 1 saturated heterocycles. The van der Waals surface area contributed by atoms with Gasteiger partial charge in [-0.25, -0.2) is 0 Å². The monoisotopic (exact) mass is 234 g/mol. The molecule has 1 aliphatic heterocycles. The molecule has 94 valence electrons. The van der Waals surface area contributed by atoms with Crippen molar-refractivity contribution < 1.29 is 0 Å². The van der Waals surface area contributed by atoms with Crippen LogP contribution in [0.5, 0.6) is 0 Å². The van der Waals surface area contributed by atoms with Gasteiger partial charge in [0.25, 0.3) is 0 Å². The molecule has 1 atom stereocenters. The van der Waals surface area contributed by atoms with Gasteiger partial charge in [-0.1, -0.05) is 0 Å². The highest BCUT2D eigenvalue weighted by atomic mass is 15.2. The Morgan fingerprint density at radius 3 is 3.12 bits per heavy atom. The van der Waals surface area contributed by atoms with Crippen LogP contribution in [0.1, 0.15) is 18.5 Å². The van der Waals surface area contributed by atoms with Gasteiger partial charge < -0.3 is 10.6 Å². The minimum atomic E-state index is 0.621. The molecule has 1 aromatic heterocycles. The second-order valence-electron chi connectivity index (χ2n) is 5.01. The number of nitrogens with zero attached hydrogens (tertiary/aromatic N) is 3. The Hall–Kier alpha value is -1.13. The van der Waals surface area contributed by atoms with Crippen LogP contribution in [0.25, 0.3) is 0 Å². The summed E-state index contributed by atoms with van der Waals surface area (Å²) in [4.78, 5) is 9.12. The molecule has 1 aromatic rings. The number of aromatic nitrogens is 1. The standard InChI is InChI=1S/C13H22N4/c1-16-8-4-5-11(9-16)17(2)10-13-12(14)6-3-7-15-13/h3,6-7,11H,4-5,8-10,14H2,1-2H3. The first-order valence-electron chi connectivity index (χ1n) is 6.25. The lowest BCUT2D eigenvalue weighted by Gasteiger charge is -2.35. The van der Waals surface area contributed by atoms with Crippen LogP contribution in [0, 0.1) is 0 Å². The fraction of sp³-hybridized carbons (Fsp3) is 0.615. The van der Waals surface area contributed by atoms with Crippen LogP contribution in [0.15, 0.2) is 18.3 Å². The topological polar surface area (TPSA) is 45.4 Å². The Morgan fingerprint density at radius 2 is 2.41 bits per heavy atom. The van der Waals surface area contributed by atoms with E-state index in [1.165, 1.54) is 19.4 Å². The van der Waals surface area contributed by atoms with Crippen molar-refractivity contribution in [2.24, 2.45) is 0 Å². The zero-order chi connectivity index (χ0) is 12.3. The molecule has 1 aliphatic rings. The van der Waals surface area contributed by atoms with Crippen molar-refractivity contribution in [2.45, 2.75) is 25.4 Å². The van der Waals surface area contributed by atoms with Crippen LogP contribution < -0.4 is 5.73 Å². The minimum Gasteiger partial charge on any atom is -0.397 e. The number of anilines is 1. The summed E-state index contributed by atoms with van der Waals surface area (Å²) >= 11 is 0. The minimum absolute atomic E-state index is 0.621. The first kappa shape index (κ1) is 12.3. The van der Waals surface area contributed by atoms with Crippen LogP contribution >= 0.6 is 0 Å². The van der Waals surface area contributed by atoms with Gasteiger partial charge in [0.15, 0.2) is 0 Å². The lowest BCUT2D eigenvalue weighted by molar-refractivity contribution is 0.128. The highest BCUT2D eigenvalue weighted by molar-refractivity contribution is 5.41. The Morgan fingerprint density at radius 1 is 1.59 bits per heavy atom. The van der Waals surface area contributed by atoms with Crippen molar-refractivity contribution in [3.63, 3.8) is 0 Å². The van der Waals surface area contributed by atoms with Crippen LogP contribution in [0.2, 0.25) is 0 Å². The fourth-order valence-electron chi connectivity index (χ4n) is 2.45. The number of nitrogens with two attached hydrogens (primary N) is 1. The first-order chi connectivity index (χ1) is 8.16. The maximum atomic E-state index is 5.93. The van der Waals surface area contributed by atoms with E-state index in [2.05, 4.69) is 28.9 Å². The molecular formula is C13H22N4. The van der Waals surface area contributed by atoms with E-state index in [1.807, 2.05) is 18.3 Å². The van der Waals surface area contributed by atoms with Crippen LogP contribution in [-0.2, 0) is 6.54 Å². The fourth-order valence-corrected chi connectivity index (χ4v) is 2.45. The molecule has 1 unspecified atom stereocenters. The summed E-state index contributed by atoms with van der Waals surface area (Å²) in [7, 11) is 4.35. The SMILES string of the molecule is CN1CCCC(N(C)Cc2ncccc2N)C1. The maximum absolute atomic E-state index is 5.93. The number of pyridine rings is 1. The van der Waals surface area contributed by atoms with Gasteiger partial charge in [0.05, 0.1) is 11.4 Å². The smallest absolute Gasteiger partial charge is 0.0772 e. The molecule has 2 heterocycles. The van der Waals surface area contributed by atoms with E-state index in [9.17, 15) is 0 Å². The normalized spacial score (nSPS) is 21.9. The molecule has 2 N–H and O–H groups in total. The summed E-state index contributed by atoms with van der Waals surface area (Å²) in [5, 5.41) is 0. The van der Waals surface area contributed by atoms with E-state index >= 15 is 0 Å². The average molecular weight is 234 g/mol. The van der Waals surface area contributed by atoms with Crippen molar-refractivity contribution in [1.29, 1.82) is 0 Å². The number of rotatable bonds is 3. The number of piperidine rings is 1. The first-order valence-corrected chi connectivity index (χ1v) is 6.25. The van der Waals surface area contributed by atoms with E-state index in [0.29, 0.717) is 6.04 Å².